The molecule has 0 N–H and O–H groups in total. The first-order valence-corrected chi connectivity index (χ1v) is 7.96. The van der Waals surface area contributed by atoms with Crippen LogP contribution in [0.1, 0.15) is 17.4 Å². The lowest BCUT2D eigenvalue weighted by Crippen LogP contribution is -2.49. The third-order valence-corrected chi connectivity index (χ3v) is 4.14. The van der Waals surface area contributed by atoms with Crippen molar-refractivity contribution in [3.63, 3.8) is 0 Å². The molecule has 0 unspecified atom stereocenters. The maximum atomic E-state index is 13.0. The van der Waals surface area contributed by atoms with Crippen molar-refractivity contribution < 1.29 is 9.18 Å². The molecule has 7 heteroatoms. The molecule has 2 heterocycles. The number of nitrogens with zero attached hydrogens (tertiary/aromatic N) is 4. The van der Waals surface area contributed by atoms with E-state index in [4.69, 9.17) is 0 Å². The first-order valence-electron chi connectivity index (χ1n) is 7.96. The predicted molar refractivity (Wildman–Crippen MR) is 88.7 cm³/mol. The molecule has 0 bridgehead atoms. The van der Waals surface area contributed by atoms with Crippen LogP contribution in [0.3, 0.4) is 0 Å². The Hall–Kier alpha value is -2.70. The second-order valence-corrected chi connectivity index (χ2v) is 5.63. The number of halogens is 1. The van der Waals surface area contributed by atoms with Gasteiger partial charge in [-0.1, -0.05) is 0 Å². The highest BCUT2D eigenvalue weighted by Gasteiger charge is 2.23. The van der Waals surface area contributed by atoms with Crippen LogP contribution in [-0.4, -0.2) is 46.8 Å². The van der Waals surface area contributed by atoms with Crippen LogP contribution < -0.4 is 10.5 Å². The molecule has 0 saturated carbocycles. The minimum atomic E-state index is -0.260. The Bertz CT molecular complexity index is 780. The molecule has 3 rings (SSSR count). The van der Waals surface area contributed by atoms with E-state index in [0.717, 1.165) is 5.69 Å². The fourth-order valence-electron chi connectivity index (χ4n) is 2.77. The molecular formula is C17H19FN4O2. The summed E-state index contributed by atoms with van der Waals surface area (Å²) < 4.78 is 14.3. The van der Waals surface area contributed by atoms with E-state index in [1.165, 1.54) is 28.9 Å². The number of hydrogen-bond acceptors (Lipinski definition) is 4. The first kappa shape index (κ1) is 16.2. The molecule has 0 radical (unpaired) electrons. The third-order valence-electron chi connectivity index (χ3n) is 4.14. The molecule has 2 aromatic rings. The van der Waals surface area contributed by atoms with Crippen LogP contribution in [0.4, 0.5) is 10.1 Å². The van der Waals surface area contributed by atoms with Crippen LogP contribution in [-0.2, 0) is 6.54 Å². The summed E-state index contributed by atoms with van der Waals surface area (Å²) in [6, 6.07) is 9.20. The van der Waals surface area contributed by atoms with Gasteiger partial charge in [-0.25, -0.2) is 9.07 Å². The first-order chi connectivity index (χ1) is 11.6. The second-order valence-electron chi connectivity index (χ2n) is 5.63. The standard InChI is InChI=1S/C17H19FN4O2/c1-2-22-16(23)8-7-15(19-22)17(24)21-11-9-20(10-12-21)14-5-3-13(18)4-6-14/h3-8H,2,9-12H2,1H3. The zero-order valence-corrected chi connectivity index (χ0v) is 13.5. The number of carbonyl (C=O) groups is 1. The Balaban J connectivity index is 1.67. The van der Waals surface area contributed by atoms with Crippen LogP contribution in [0.15, 0.2) is 41.2 Å². The van der Waals surface area contributed by atoms with Gasteiger partial charge < -0.3 is 9.80 Å². The number of aryl methyl sites for hydroxylation is 1. The van der Waals surface area contributed by atoms with E-state index in [2.05, 4.69) is 10.00 Å². The lowest BCUT2D eigenvalue weighted by Gasteiger charge is -2.36. The Labute approximate surface area is 139 Å². The van der Waals surface area contributed by atoms with E-state index in [1.807, 2.05) is 6.92 Å². The number of amides is 1. The average Bonchev–Trinajstić information content (AvgIpc) is 2.62. The van der Waals surface area contributed by atoms with Crippen molar-refractivity contribution in [3.8, 4) is 0 Å². The predicted octanol–water partition coefficient (Wildman–Crippen LogP) is 1.36. The molecule has 0 atom stereocenters. The maximum absolute atomic E-state index is 13.0. The number of rotatable bonds is 3. The highest BCUT2D eigenvalue weighted by Crippen LogP contribution is 2.17. The van der Waals surface area contributed by atoms with Crippen molar-refractivity contribution in [2.45, 2.75) is 13.5 Å². The van der Waals surface area contributed by atoms with Gasteiger partial charge >= 0.3 is 0 Å². The number of aromatic nitrogens is 2. The van der Waals surface area contributed by atoms with Crippen molar-refractivity contribution >= 4 is 11.6 Å². The molecule has 1 aliphatic rings. The summed E-state index contributed by atoms with van der Waals surface area (Å²) in [5.41, 5.74) is 1.02. The van der Waals surface area contributed by atoms with E-state index in [0.29, 0.717) is 32.7 Å². The van der Waals surface area contributed by atoms with Gasteiger partial charge in [-0.15, -0.1) is 0 Å². The Morgan fingerprint density at radius 2 is 1.75 bits per heavy atom. The van der Waals surface area contributed by atoms with Gasteiger partial charge in [0.2, 0.25) is 0 Å². The van der Waals surface area contributed by atoms with E-state index in [1.54, 1.807) is 17.0 Å². The van der Waals surface area contributed by atoms with Crippen molar-refractivity contribution in [1.82, 2.24) is 14.7 Å². The van der Waals surface area contributed by atoms with Crippen molar-refractivity contribution in [2.24, 2.45) is 0 Å². The van der Waals surface area contributed by atoms with Crippen molar-refractivity contribution in [2.75, 3.05) is 31.1 Å². The Kier molecular flexibility index (Phi) is 4.59. The van der Waals surface area contributed by atoms with Gasteiger partial charge in [0, 0.05) is 44.5 Å². The fourth-order valence-corrected chi connectivity index (χ4v) is 2.77. The summed E-state index contributed by atoms with van der Waals surface area (Å²) in [7, 11) is 0. The zero-order chi connectivity index (χ0) is 17.1. The summed E-state index contributed by atoms with van der Waals surface area (Å²) in [4.78, 5) is 28.0. The molecule has 6 nitrogen and oxygen atoms in total. The summed E-state index contributed by atoms with van der Waals surface area (Å²) >= 11 is 0. The SMILES string of the molecule is CCn1nc(C(=O)N2CCN(c3ccc(F)cc3)CC2)ccc1=O. The summed E-state index contributed by atoms with van der Waals surface area (Å²) in [6.45, 7) is 4.70. The molecule has 1 aromatic carbocycles. The topological polar surface area (TPSA) is 58.4 Å². The molecule has 0 spiro atoms. The molecule has 1 saturated heterocycles. The highest BCUT2D eigenvalue weighted by atomic mass is 19.1. The second kappa shape index (κ2) is 6.82. The van der Waals surface area contributed by atoms with Gasteiger partial charge in [-0.3, -0.25) is 9.59 Å². The van der Waals surface area contributed by atoms with E-state index in [9.17, 15) is 14.0 Å². The molecular weight excluding hydrogens is 311 g/mol. The van der Waals surface area contributed by atoms with E-state index < -0.39 is 0 Å². The molecule has 24 heavy (non-hydrogen) atoms. The van der Waals surface area contributed by atoms with Crippen LogP contribution in [0, 0.1) is 5.82 Å². The van der Waals surface area contributed by atoms with Gasteiger partial charge in [-0.05, 0) is 37.3 Å². The number of hydrogen-bond donors (Lipinski definition) is 0. The van der Waals surface area contributed by atoms with Gasteiger partial charge in [0.05, 0.1) is 0 Å². The van der Waals surface area contributed by atoms with Crippen LogP contribution in [0.2, 0.25) is 0 Å². The Morgan fingerprint density at radius 1 is 1.08 bits per heavy atom. The van der Waals surface area contributed by atoms with Crippen LogP contribution in [0.5, 0.6) is 0 Å². The largest absolute Gasteiger partial charge is 0.368 e. The molecule has 1 amide bonds. The zero-order valence-electron chi connectivity index (χ0n) is 13.5. The lowest BCUT2D eigenvalue weighted by atomic mass is 10.2. The average molecular weight is 330 g/mol. The minimum Gasteiger partial charge on any atom is -0.368 e. The van der Waals surface area contributed by atoms with E-state index in [-0.39, 0.29) is 23.0 Å². The third kappa shape index (κ3) is 3.29. The number of benzene rings is 1. The summed E-state index contributed by atoms with van der Waals surface area (Å²) in [6.07, 6.45) is 0. The van der Waals surface area contributed by atoms with Crippen molar-refractivity contribution in [3.05, 3.63) is 58.3 Å². The van der Waals surface area contributed by atoms with Crippen molar-refractivity contribution in [1.29, 1.82) is 0 Å². The monoisotopic (exact) mass is 330 g/mol. The van der Waals surface area contributed by atoms with Crippen LogP contribution in [0.25, 0.3) is 0 Å². The Morgan fingerprint density at radius 3 is 2.38 bits per heavy atom. The molecule has 1 aromatic heterocycles. The molecule has 1 aliphatic heterocycles. The minimum absolute atomic E-state index is 0.170. The number of carbonyl (C=O) groups excluding carboxylic acids is 1. The van der Waals surface area contributed by atoms with Gasteiger partial charge in [0.15, 0.2) is 0 Å². The number of piperazine rings is 1. The highest BCUT2D eigenvalue weighted by molar-refractivity contribution is 5.92. The smallest absolute Gasteiger partial charge is 0.274 e. The lowest BCUT2D eigenvalue weighted by molar-refractivity contribution is 0.0738. The maximum Gasteiger partial charge on any atom is 0.274 e. The van der Waals surface area contributed by atoms with Gasteiger partial charge in [0.25, 0.3) is 11.5 Å². The summed E-state index contributed by atoms with van der Waals surface area (Å²) in [5, 5.41) is 4.11. The normalized spacial score (nSPS) is 14.8. The van der Waals surface area contributed by atoms with Crippen LogP contribution >= 0.6 is 0 Å². The summed E-state index contributed by atoms with van der Waals surface area (Å²) in [5.74, 6) is -0.430. The molecule has 1 fully saturated rings. The fraction of sp³-hybridized carbons (Fsp3) is 0.353. The van der Waals surface area contributed by atoms with Gasteiger partial charge in [0.1, 0.15) is 11.5 Å². The van der Waals surface area contributed by atoms with Gasteiger partial charge in [-0.2, -0.15) is 5.10 Å². The number of anilines is 1. The van der Waals surface area contributed by atoms with E-state index >= 15 is 0 Å². The quantitative estimate of drug-likeness (QED) is 0.853. The molecule has 0 aliphatic carbocycles. The molecule has 126 valence electrons.